The van der Waals surface area contributed by atoms with Gasteiger partial charge in [-0.05, 0) is 44.8 Å². The molecule has 2 bridgehead atoms. The SMILES string of the molecule is Cc1cc(CNC2CN3CCC2CC3)n(C)n1. The van der Waals surface area contributed by atoms with Crippen molar-refractivity contribution in [1.29, 1.82) is 0 Å². The Kier molecular flexibility index (Phi) is 2.92. The predicted molar refractivity (Wildman–Crippen MR) is 67.7 cm³/mol. The smallest absolute Gasteiger partial charge is 0.0597 e. The number of hydrogen-bond donors (Lipinski definition) is 1. The standard InChI is InChI=1S/C13H22N4/c1-10-7-12(16(2)15-10)8-14-13-9-17-5-3-11(13)4-6-17/h7,11,13-14H,3-6,8-9H2,1-2H3. The van der Waals surface area contributed by atoms with Gasteiger partial charge in [-0.25, -0.2) is 0 Å². The molecule has 1 aromatic heterocycles. The van der Waals surface area contributed by atoms with Crippen LogP contribution in [0.5, 0.6) is 0 Å². The highest BCUT2D eigenvalue weighted by molar-refractivity contribution is 5.08. The van der Waals surface area contributed by atoms with Crippen molar-refractivity contribution in [1.82, 2.24) is 20.0 Å². The van der Waals surface area contributed by atoms with Crippen molar-refractivity contribution in [2.45, 2.75) is 32.4 Å². The van der Waals surface area contributed by atoms with E-state index in [-0.39, 0.29) is 0 Å². The fourth-order valence-electron chi connectivity index (χ4n) is 3.26. The van der Waals surface area contributed by atoms with E-state index in [0.717, 1.165) is 18.2 Å². The summed E-state index contributed by atoms with van der Waals surface area (Å²) < 4.78 is 1.99. The topological polar surface area (TPSA) is 33.1 Å². The molecule has 0 spiro atoms. The molecule has 94 valence electrons. The van der Waals surface area contributed by atoms with Crippen LogP contribution in [0.1, 0.15) is 24.2 Å². The van der Waals surface area contributed by atoms with Crippen molar-refractivity contribution in [2.24, 2.45) is 13.0 Å². The van der Waals surface area contributed by atoms with Gasteiger partial charge in [0.25, 0.3) is 0 Å². The van der Waals surface area contributed by atoms with Crippen LogP contribution in [-0.4, -0.2) is 40.4 Å². The van der Waals surface area contributed by atoms with Crippen LogP contribution in [0, 0.1) is 12.8 Å². The Morgan fingerprint density at radius 3 is 2.71 bits per heavy atom. The second-order valence-electron chi connectivity index (χ2n) is 5.53. The van der Waals surface area contributed by atoms with E-state index >= 15 is 0 Å². The third-order valence-corrected chi connectivity index (χ3v) is 4.30. The van der Waals surface area contributed by atoms with Crippen molar-refractivity contribution in [3.8, 4) is 0 Å². The van der Waals surface area contributed by atoms with Gasteiger partial charge < -0.3 is 10.2 Å². The largest absolute Gasteiger partial charge is 0.307 e. The van der Waals surface area contributed by atoms with Crippen molar-refractivity contribution in [3.63, 3.8) is 0 Å². The third kappa shape index (κ3) is 2.24. The first-order valence-corrected chi connectivity index (χ1v) is 6.67. The molecule has 4 heterocycles. The van der Waals surface area contributed by atoms with Gasteiger partial charge in [0.05, 0.1) is 11.4 Å². The normalized spacial score (nSPS) is 32.0. The Hall–Kier alpha value is -0.870. The molecule has 0 amide bonds. The molecule has 0 saturated carbocycles. The molecule has 1 aromatic rings. The van der Waals surface area contributed by atoms with E-state index in [1.807, 2.05) is 11.7 Å². The van der Waals surface area contributed by atoms with E-state index in [2.05, 4.69) is 28.3 Å². The number of nitrogens with zero attached hydrogens (tertiary/aromatic N) is 3. The second kappa shape index (κ2) is 4.42. The van der Waals surface area contributed by atoms with Gasteiger partial charge >= 0.3 is 0 Å². The second-order valence-corrected chi connectivity index (χ2v) is 5.53. The Bertz CT molecular complexity index is 390. The summed E-state index contributed by atoms with van der Waals surface area (Å²) in [6.45, 7) is 6.87. The van der Waals surface area contributed by atoms with Crippen LogP contribution in [0.15, 0.2) is 6.07 Å². The molecular weight excluding hydrogens is 212 g/mol. The lowest BCUT2D eigenvalue weighted by Crippen LogP contribution is -2.55. The van der Waals surface area contributed by atoms with Gasteiger partial charge in [-0.3, -0.25) is 4.68 Å². The Labute approximate surface area is 103 Å². The number of rotatable bonds is 3. The maximum absolute atomic E-state index is 4.39. The monoisotopic (exact) mass is 234 g/mol. The summed E-state index contributed by atoms with van der Waals surface area (Å²) in [4.78, 5) is 2.59. The molecule has 3 fully saturated rings. The van der Waals surface area contributed by atoms with E-state index < -0.39 is 0 Å². The number of aryl methyl sites for hydroxylation is 2. The van der Waals surface area contributed by atoms with Crippen LogP contribution < -0.4 is 5.32 Å². The first-order chi connectivity index (χ1) is 8.22. The van der Waals surface area contributed by atoms with E-state index in [1.54, 1.807) is 0 Å². The highest BCUT2D eigenvalue weighted by Crippen LogP contribution is 2.27. The van der Waals surface area contributed by atoms with Crippen LogP contribution in [0.25, 0.3) is 0 Å². The molecule has 3 aliphatic heterocycles. The van der Waals surface area contributed by atoms with Crippen molar-refractivity contribution < 1.29 is 0 Å². The Balaban J connectivity index is 1.59. The number of hydrogen-bond acceptors (Lipinski definition) is 3. The zero-order chi connectivity index (χ0) is 11.8. The van der Waals surface area contributed by atoms with E-state index in [1.165, 1.54) is 38.2 Å². The molecular formula is C13H22N4. The maximum atomic E-state index is 4.39. The van der Waals surface area contributed by atoms with E-state index in [9.17, 15) is 0 Å². The molecule has 4 nitrogen and oxygen atoms in total. The lowest BCUT2D eigenvalue weighted by Gasteiger charge is -2.45. The number of nitrogens with one attached hydrogen (secondary N) is 1. The fraction of sp³-hybridized carbons (Fsp3) is 0.769. The molecule has 0 aliphatic carbocycles. The van der Waals surface area contributed by atoms with Gasteiger partial charge in [-0.15, -0.1) is 0 Å². The van der Waals surface area contributed by atoms with Gasteiger partial charge in [0.2, 0.25) is 0 Å². The Morgan fingerprint density at radius 2 is 2.18 bits per heavy atom. The number of piperidine rings is 3. The first-order valence-electron chi connectivity index (χ1n) is 6.67. The fourth-order valence-corrected chi connectivity index (χ4v) is 3.26. The van der Waals surface area contributed by atoms with Gasteiger partial charge in [0, 0.05) is 26.2 Å². The highest BCUT2D eigenvalue weighted by atomic mass is 15.3. The predicted octanol–water partition coefficient (Wildman–Crippen LogP) is 0.912. The molecule has 0 aromatic carbocycles. The lowest BCUT2D eigenvalue weighted by atomic mass is 9.84. The molecule has 3 saturated heterocycles. The van der Waals surface area contributed by atoms with Gasteiger partial charge in [0.1, 0.15) is 0 Å². The molecule has 4 rings (SSSR count). The van der Waals surface area contributed by atoms with Crippen LogP contribution in [-0.2, 0) is 13.6 Å². The van der Waals surface area contributed by atoms with Gasteiger partial charge in [0.15, 0.2) is 0 Å². The number of aromatic nitrogens is 2. The molecule has 3 aliphatic rings. The molecule has 1 unspecified atom stereocenters. The van der Waals surface area contributed by atoms with Crippen LogP contribution in [0.2, 0.25) is 0 Å². The van der Waals surface area contributed by atoms with Crippen molar-refractivity contribution >= 4 is 0 Å². The average Bonchev–Trinajstić information content (AvgIpc) is 2.67. The summed E-state index contributed by atoms with van der Waals surface area (Å²) in [6, 6.07) is 2.86. The average molecular weight is 234 g/mol. The lowest BCUT2D eigenvalue weighted by molar-refractivity contribution is 0.0717. The van der Waals surface area contributed by atoms with Crippen molar-refractivity contribution in [3.05, 3.63) is 17.5 Å². The van der Waals surface area contributed by atoms with Gasteiger partial charge in [-0.2, -0.15) is 5.10 Å². The van der Waals surface area contributed by atoms with E-state index in [4.69, 9.17) is 0 Å². The number of fused-ring (bicyclic) bond motifs is 3. The zero-order valence-electron chi connectivity index (χ0n) is 10.8. The summed E-state index contributed by atoms with van der Waals surface area (Å²) in [7, 11) is 2.03. The molecule has 1 atom stereocenters. The highest BCUT2D eigenvalue weighted by Gasteiger charge is 2.33. The van der Waals surface area contributed by atoms with E-state index in [0.29, 0.717) is 6.04 Å². The van der Waals surface area contributed by atoms with Crippen molar-refractivity contribution in [2.75, 3.05) is 19.6 Å². The minimum absolute atomic E-state index is 0.688. The molecule has 17 heavy (non-hydrogen) atoms. The summed E-state index contributed by atoms with van der Waals surface area (Å²) in [5.74, 6) is 0.898. The quantitative estimate of drug-likeness (QED) is 0.844. The van der Waals surface area contributed by atoms with Crippen LogP contribution in [0.4, 0.5) is 0 Å². The summed E-state index contributed by atoms with van der Waals surface area (Å²) in [6.07, 6.45) is 2.75. The third-order valence-electron chi connectivity index (χ3n) is 4.30. The Morgan fingerprint density at radius 1 is 1.41 bits per heavy atom. The summed E-state index contributed by atoms with van der Waals surface area (Å²) in [5, 5.41) is 8.11. The minimum atomic E-state index is 0.688. The summed E-state index contributed by atoms with van der Waals surface area (Å²) >= 11 is 0. The maximum Gasteiger partial charge on any atom is 0.0597 e. The van der Waals surface area contributed by atoms with Crippen LogP contribution >= 0.6 is 0 Å². The summed E-state index contributed by atoms with van der Waals surface area (Å²) in [5.41, 5.74) is 2.40. The molecule has 1 N–H and O–H groups in total. The molecule has 0 radical (unpaired) electrons. The molecule has 4 heteroatoms. The zero-order valence-corrected chi connectivity index (χ0v) is 10.8. The van der Waals surface area contributed by atoms with Gasteiger partial charge in [-0.1, -0.05) is 0 Å². The van der Waals surface area contributed by atoms with Crippen LogP contribution in [0.3, 0.4) is 0 Å². The minimum Gasteiger partial charge on any atom is -0.307 e. The first kappa shape index (κ1) is 11.2.